The summed E-state index contributed by atoms with van der Waals surface area (Å²) >= 11 is 0. The average molecular weight is 212 g/mol. The van der Waals surface area contributed by atoms with Gasteiger partial charge >= 0.3 is 10.2 Å². The number of hydrogen-bond donors (Lipinski definition) is 1. The van der Waals surface area contributed by atoms with E-state index in [0.29, 0.717) is 0 Å². The second-order valence-electron chi connectivity index (χ2n) is 2.17. The molecule has 7 heteroatoms. The molecule has 1 N–H and O–H groups in total. The van der Waals surface area contributed by atoms with Gasteiger partial charge < -0.3 is 5.11 Å². The molecule has 0 saturated heterocycles. The molecule has 0 amide bonds. The molecule has 0 aliphatic rings. The highest BCUT2D eigenvalue weighted by molar-refractivity contribution is 7.86. The topological polar surface area (TPSA) is 54.4 Å². The molecule has 0 aromatic heterocycles. The molecule has 0 spiro atoms. The van der Waals surface area contributed by atoms with Crippen LogP contribution in [0.15, 0.2) is 17.0 Å². The van der Waals surface area contributed by atoms with E-state index in [2.05, 4.69) is 0 Å². The smallest absolute Gasteiger partial charge is 0.336 e. The van der Waals surface area contributed by atoms with E-state index < -0.39 is 32.5 Å². The van der Waals surface area contributed by atoms with Gasteiger partial charge in [-0.2, -0.15) is 8.42 Å². The molecular formula is C6H3F3O3S. The minimum Gasteiger partial charge on any atom is -0.504 e. The maximum Gasteiger partial charge on any atom is 0.336 e. The lowest BCUT2D eigenvalue weighted by Gasteiger charge is -2.00. The maximum atomic E-state index is 12.4. The predicted octanol–water partition coefficient (Wildman–Crippen LogP) is 1.33. The summed E-state index contributed by atoms with van der Waals surface area (Å²) < 4.78 is 57.4. The van der Waals surface area contributed by atoms with Gasteiger partial charge in [-0.25, -0.2) is 8.78 Å². The molecule has 3 nitrogen and oxygen atoms in total. The first-order valence-corrected chi connectivity index (χ1v) is 4.33. The van der Waals surface area contributed by atoms with Crippen molar-refractivity contribution in [3.05, 3.63) is 23.8 Å². The molecule has 0 aliphatic carbocycles. The van der Waals surface area contributed by atoms with Gasteiger partial charge in [-0.15, -0.1) is 3.89 Å². The number of halogens is 3. The van der Waals surface area contributed by atoms with Gasteiger partial charge in [0.25, 0.3) is 0 Å². The third-order valence-electron chi connectivity index (χ3n) is 1.26. The van der Waals surface area contributed by atoms with Crippen molar-refractivity contribution in [1.82, 2.24) is 0 Å². The Kier molecular flexibility index (Phi) is 2.21. The molecule has 0 radical (unpaired) electrons. The van der Waals surface area contributed by atoms with Gasteiger partial charge in [0.1, 0.15) is 10.7 Å². The van der Waals surface area contributed by atoms with Crippen molar-refractivity contribution >= 4 is 10.2 Å². The zero-order valence-electron chi connectivity index (χ0n) is 5.96. The van der Waals surface area contributed by atoms with Gasteiger partial charge in [-0.1, -0.05) is 0 Å². The van der Waals surface area contributed by atoms with E-state index in [1.165, 1.54) is 0 Å². The van der Waals surface area contributed by atoms with E-state index in [1.54, 1.807) is 0 Å². The highest BCUT2D eigenvalue weighted by atomic mass is 32.3. The van der Waals surface area contributed by atoms with Gasteiger partial charge in [0.15, 0.2) is 11.6 Å². The Morgan fingerprint density at radius 3 is 2.23 bits per heavy atom. The van der Waals surface area contributed by atoms with E-state index in [9.17, 15) is 21.1 Å². The molecule has 1 rings (SSSR count). The second-order valence-corrected chi connectivity index (χ2v) is 3.49. The van der Waals surface area contributed by atoms with Crippen molar-refractivity contribution in [3.63, 3.8) is 0 Å². The second kappa shape index (κ2) is 2.91. The fraction of sp³-hybridized carbons (Fsp3) is 0. The number of rotatable bonds is 1. The molecule has 0 aliphatic heterocycles. The Morgan fingerprint density at radius 2 is 1.77 bits per heavy atom. The summed E-state index contributed by atoms with van der Waals surface area (Å²) in [4.78, 5) is -1.41. The normalized spacial score (nSPS) is 11.6. The van der Waals surface area contributed by atoms with E-state index in [-0.39, 0.29) is 12.1 Å². The van der Waals surface area contributed by atoms with Crippen LogP contribution < -0.4 is 0 Å². The monoisotopic (exact) mass is 212 g/mol. The molecule has 0 bridgehead atoms. The Hall–Kier alpha value is -1.24. The average Bonchev–Trinajstić information content (AvgIpc) is 1.94. The van der Waals surface area contributed by atoms with Crippen LogP contribution in [0.2, 0.25) is 0 Å². The van der Waals surface area contributed by atoms with Gasteiger partial charge in [-0.05, 0) is 6.07 Å². The van der Waals surface area contributed by atoms with Crippen molar-refractivity contribution in [2.24, 2.45) is 0 Å². The summed E-state index contributed by atoms with van der Waals surface area (Å²) in [6, 6.07) is 0.428. The van der Waals surface area contributed by atoms with E-state index in [4.69, 9.17) is 5.11 Å². The highest BCUT2D eigenvalue weighted by Gasteiger charge is 2.21. The van der Waals surface area contributed by atoms with E-state index >= 15 is 0 Å². The summed E-state index contributed by atoms with van der Waals surface area (Å²) in [7, 11) is -5.31. The third-order valence-corrected chi connectivity index (χ3v) is 2.09. The lowest BCUT2D eigenvalue weighted by atomic mass is 10.3. The van der Waals surface area contributed by atoms with Crippen molar-refractivity contribution < 1.29 is 26.2 Å². The van der Waals surface area contributed by atoms with Crippen molar-refractivity contribution in [2.75, 3.05) is 0 Å². The zero-order valence-corrected chi connectivity index (χ0v) is 6.78. The Balaban J connectivity index is 3.56. The summed E-state index contributed by atoms with van der Waals surface area (Å²) in [5.74, 6) is -4.24. The molecule has 0 atom stereocenters. The van der Waals surface area contributed by atoms with Gasteiger partial charge in [0.05, 0.1) is 0 Å². The van der Waals surface area contributed by atoms with E-state index in [0.717, 1.165) is 0 Å². The number of hydrogen-bond acceptors (Lipinski definition) is 3. The van der Waals surface area contributed by atoms with Crippen LogP contribution in [0.1, 0.15) is 0 Å². The first-order chi connectivity index (χ1) is 5.82. The lowest BCUT2D eigenvalue weighted by molar-refractivity contribution is 0.409. The quantitative estimate of drug-likeness (QED) is 0.714. The summed E-state index contributed by atoms with van der Waals surface area (Å²) in [5, 5.41) is 8.70. The molecular weight excluding hydrogens is 209 g/mol. The van der Waals surface area contributed by atoms with Gasteiger partial charge in [0, 0.05) is 6.07 Å². The fourth-order valence-electron chi connectivity index (χ4n) is 0.728. The van der Waals surface area contributed by atoms with Crippen LogP contribution >= 0.6 is 0 Å². The van der Waals surface area contributed by atoms with Crippen molar-refractivity contribution in [3.8, 4) is 5.75 Å². The Morgan fingerprint density at radius 1 is 1.23 bits per heavy atom. The van der Waals surface area contributed by atoms with Crippen LogP contribution in [0, 0.1) is 11.6 Å². The number of aromatic hydroxyl groups is 1. The molecule has 1 aromatic carbocycles. The fourth-order valence-corrected chi connectivity index (χ4v) is 1.31. The highest BCUT2D eigenvalue weighted by Crippen LogP contribution is 2.27. The summed E-state index contributed by atoms with van der Waals surface area (Å²) in [5.41, 5.74) is 0. The SMILES string of the molecule is O=S(=O)(F)c1cc(F)cc(F)c1O. The third kappa shape index (κ3) is 1.92. The standard InChI is InChI=1S/C6H3F3O3S/c7-3-1-4(8)6(10)5(2-3)13(9,11)12/h1-2,10H. The molecule has 13 heavy (non-hydrogen) atoms. The van der Waals surface area contributed by atoms with Crippen molar-refractivity contribution in [2.45, 2.75) is 4.90 Å². The first kappa shape index (κ1) is 9.85. The minimum atomic E-state index is -5.31. The van der Waals surface area contributed by atoms with Crippen molar-refractivity contribution in [1.29, 1.82) is 0 Å². The largest absolute Gasteiger partial charge is 0.504 e. The number of benzene rings is 1. The summed E-state index contributed by atoms with van der Waals surface area (Å²) in [6.45, 7) is 0. The zero-order chi connectivity index (χ0) is 10.2. The molecule has 1 aromatic rings. The summed E-state index contributed by atoms with van der Waals surface area (Å²) in [6.07, 6.45) is 0. The molecule has 0 saturated carbocycles. The number of phenolic OH excluding ortho intramolecular Hbond substituents is 1. The van der Waals surface area contributed by atoms with E-state index in [1.807, 2.05) is 0 Å². The van der Waals surface area contributed by atoms with Crippen LogP contribution in [0.5, 0.6) is 5.75 Å². The predicted molar refractivity (Wildman–Crippen MR) is 36.3 cm³/mol. The van der Waals surface area contributed by atoms with Gasteiger partial charge in [-0.3, -0.25) is 0 Å². The maximum absolute atomic E-state index is 12.4. The Bertz CT molecular complexity index is 441. The molecule has 0 unspecified atom stereocenters. The molecule has 0 fully saturated rings. The van der Waals surface area contributed by atoms with Crippen LogP contribution in [0.4, 0.5) is 12.7 Å². The van der Waals surface area contributed by atoms with Gasteiger partial charge in [0.2, 0.25) is 0 Å². The van der Waals surface area contributed by atoms with Crippen LogP contribution in [-0.2, 0) is 10.2 Å². The Labute approximate surface area is 71.6 Å². The van der Waals surface area contributed by atoms with Crippen LogP contribution in [0.25, 0.3) is 0 Å². The minimum absolute atomic E-state index is 0.188. The molecule has 72 valence electrons. The van der Waals surface area contributed by atoms with Crippen LogP contribution in [0.3, 0.4) is 0 Å². The number of phenols is 1. The van der Waals surface area contributed by atoms with Crippen LogP contribution in [-0.4, -0.2) is 13.5 Å². The lowest BCUT2D eigenvalue weighted by Crippen LogP contribution is -1.95. The first-order valence-electron chi connectivity index (χ1n) is 2.95. The molecule has 0 heterocycles.